The number of rotatable bonds is 2. The average Bonchev–Trinajstić information content (AvgIpc) is 2.16. The van der Waals surface area contributed by atoms with E-state index in [2.05, 4.69) is 4.98 Å². The number of aryl methyl sites for hydroxylation is 1. The summed E-state index contributed by atoms with van der Waals surface area (Å²) >= 11 is 0. The molecular weight excluding hydrogens is 190 g/mol. The van der Waals surface area contributed by atoms with E-state index in [1.54, 1.807) is 6.20 Å². The molecule has 15 heavy (non-hydrogen) atoms. The van der Waals surface area contributed by atoms with Crippen molar-refractivity contribution in [2.75, 3.05) is 0 Å². The van der Waals surface area contributed by atoms with Crippen LogP contribution in [0.15, 0.2) is 30.5 Å². The fourth-order valence-electron chi connectivity index (χ4n) is 1.73. The summed E-state index contributed by atoms with van der Waals surface area (Å²) in [4.78, 5) is 14.9. The van der Waals surface area contributed by atoms with Gasteiger partial charge in [0.2, 0.25) is 0 Å². The number of pyridine rings is 1. The lowest BCUT2D eigenvalue weighted by molar-refractivity contribution is -0.136. The minimum absolute atomic E-state index is 0.0230. The quantitative estimate of drug-likeness (QED) is 0.810. The van der Waals surface area contributed by atoms with Crippen LogP contribution in [0.1, 0.15) is 11.1 Å². The lowest BCUT2D eigenvalue weighted by Crippen LogP contribution is -2.01. The number of hydrogen-bond donors (Lipinski definition) is 1. The molecule has 76 valence electrons. The number of nitrogens with zero attached hydrogens (tertiary/aromatic N) is 1. The van der Waals surface area contributed by atoms with E-state index in [1.165, 1.54) is 0 Å². The second-order valence-corrected chi connectivity index (χ2v) is 3.57. The lowest BCUT2D eigenvalue weighted by Gasteiger charge is -2.04. The Morgan fingerprint density at radius 1 is 1.47 bits per heavy atom. The summed E-state index contributed by atoms with van der Waals surface area (Å²) < 4.78 is 0. The molecule has 3 nitrogen and oxygen atoms in total. The first-order valence-electron chi connectivity index (χ1n) is 4.73. The summed E-state index contributed by atoms with van der Waals surface area (Å²) in [5, 5.41) is 9.78. The summed E-state index contributed by atoms with van der Waals surface area (Å²) in [5.74, 6) is -0.826. The molecule has 0 aliphatic rings. The Bertz CT molecular complexity index is 520. The van der Waals surface area contributed by atoms with Crippen LogP contribution in [-0.4, -0.2) is 16.1 Å². The minimum Gasteiger partial charge on any atom is -0.481 e. The van der Waals surface area contributed by atoms with E-state index in [1.807, 2.05) is 31.2 Å². The van der Waals surface area contributed by atoms with Crippen molar-refractivity contribution >= 4 is 16.9 Å². The van der Waals surface area contributed by atoms with Crippen LogP contribution in [-0.2, 0) is 11.2 Å². The Morgan fingerprint density at radius 2 is 2.27 bits per heavy atom. The molecule has 0 atom stereocenters. The van der Waals surface area contributed by atoms with Gasteiger partial charge in [-0.2, -0.15) is 0 Å². The molecular formula is C12H11NO2. The number of carboxylic acids is 1. The molecule has 3 heteroatoms. The van der Waals surface area contributed by atoms with Crippen molar-refractivity contribution in [2.45, 2.75) is 13.3 Å². The zero-order valence-corrected chi connectivity index (χ0v) is 8.40. The number of carboxylic acid groups (broad SMARTS) is 1. The molecule has 0 spiro atoms. The summed E-state index contributed by atoms with van der Waals surface area (Å²) in [6.07, 6.45) is 1.71. The molecule has 2 aromatic rings. The first-order chi connectivity index (χ1) is 7.16. The second kappa shape index (κ2) is 3.69. The predicted octanol–water partition coefficient (Wildman–Crippen LogP) is 2.17. The summed E-state index contributed by atoms with van der Waals surface area (Å²) in [5.41, 5.74) is 2.62. The van der Waals surface area contributed by atoms with Crippen molar-refractivity contribution in [2.24, 2.45) is 0 Å². The van der Waals surface area contributed by atoms with Crippen LogP contribution < -0.4 is 0 Å². The van der Waals surface area contributed by atoms with Crippen LogP contribution in [0.4, 0.5) is 0 Å². The maximum atomic E-state index is 10.7. The highest BCUT2D eigenvalue weighted by Gasteiger charge is 2.07. The van der Waals surface area contributed by atoms with Gasteiger partial charge in [-0.15, -0.1) is 0 Å². The molecule has 0 saturated carbocycles. The zero-order chi connectivity index (χ0) is 10.8. The van der Waals surface area contributed by atoms with Crippen molar-refractivity contribution in [1.29, 1.82) is 0 Å². The largest absolute Gasteiger partial charge is 0.481 e. The van der Waals surface area contributed by atoms with Gasteiger partial charge in [0.1, 0.15) is 0 Å². The standard InChI is InChI=1S/C12H11NO2/c1-8-5-9-3-2-4-13-12(9)10(6-8)7-11(14)15/h2-6H,7H2,1H3,(H,14,15). The lowest BCUT2D eigenvalue weighted by atomic mass is 10.0. The van der Waals surface area contributed by atoms with E-state index >= 15 is 0 Å². The van der Waals surface area contributed by atoms with Crippen LogP contribution in [0.3, 0.4) is 0 Å². The van der Waals surface area contributed by atoms with Gasteiger partial charge >= 0.3 is 5.97 Å². The predicted molar refractivity (Wildman–Crippen MR) is 57.8 cm³/mol. The number of aliphatic carboxylic acids is 1. The third-order valence-electron chi connectivity index (χ3n) is 2.27. The molecule has 0 fully saturated rings. The second-order valence-electron chi connectivity index (χ2n) is 3.57. The van der Waals surface area contributed by atoms with Gasteiger partial charge < -0.3 is 5.11 Å². The first-order valence-corrected chi connectivity index (χ1v) is 4.73. The zero-order valence-electron chi connectivity index (χ0n) is 8.40. The molecule has 2 rings (SSSR count). The normalized spacial score (nSPS) is 10.5. The van der Waals surface area contributed by atoms with Crippen LogP contribution in [0.2, 0.25) is 0 Å². The highest BCUT2D eigenvalue weighted by atomic mass is 16.4. The average molecular weight is 201 g/mol. The van der Waals surface area contributed by atoms with Crippen molar-refractivity contribution in [1.82, 2.24) is 4.98 Å². The summed E-state index contributed by atoms with van der Waals surface area (Å²) in [7, 11) is 0. The third-order valence-corrected chi connectivity index (χ3v) is 2.27. The fraction of sp³-hybridized carbons (Fsp3) is 0.167. The number of aromatic nitrogens is 1. The molecule has 1 aromatic carbocycles. The van der Waals surface area contributed by atoms with Gasteiger partial charge in [0, 0.05) is 11.6 Å². The van der Waals surface area contributed by atoms with Gasteiger partial charge in [-0.05, 0) is 24.6 Å². The third kappa shape index (κ3) is 1.96. The molecule has 0 aliphatic carbocycles. The Labute approximate surface area is 87.4 Å². The van der Waals surface area contributed by atoms with Gasteiger partial charge in [-0.1, -0.05) is 17.7 Å². The minimum atomic E-state index is -0.826. The number of carbonyl (C=O) groups is 1. The van der Waals surface area contributed by atoms with Crippen LogP contribution in [0.5, 0.6) is 0 Å². The highest BCUT2D eigenvalue weighted by Crippen LogP contribution is 2.19. The molecule has 0 unspecified atom stereocenters. The van der Waals surface area contributed by atoms with E-state index in [9.17, 15) is 4.79 Å². The maximum absolute atomic E-state index is 10.7. The molecule has 1 N–H and O–H groups in total. The Morgan fingerprint density at radius 3 is 3.00 bits per heavy atom. The molecule has 0 aliphatic heterocycles. The molecule has 0 radical (unpaired) electrons. The topological polar surface area (TPSA) is 50.2 Å². The Hall–Kier alpha value is -1.90. The Balaban J connectivity index is 2.65. The fourth-order valence-corrected chi connectivity index (χ4v) is 1.73. The molecule has 1 aromatic heterocycles. The van der Waals surface area contributed by atoms with E-state index in [-0.39, 0.29) is 6.42 Å². The van der Waals surface area contributed by atoms with Crippen molar-refractivity contribution in [3.63, 3.8) is 0 Å². The Kier molecular flexibility index (Phi) is 2.37. The van der Waals surface area contributed by atoms with Gasteiger partial charge in [0.15, 0.2) is 0 Å². The van der Waals surface area contributed by atoms with Crippen molar-refractivity contribution in [3.05, 3.63) is 41.6 Å². The molecule has 0 bridgehead atoms. The number of benzene rings is 1. The summed E-state index contributed by atoms with van der Waals surface area (Å²) in [6.45, 7) is 1.96. The first kappa shape index (κ1) is 9.65. The van der Waals surface area contributed by atoms with E-state index < -0.39 is 5.97 Å². The maximum Gasteiger partial charge on any atom is 0.307 e. The summed E-state index contributed by atoms with van der Waals surface area (Å²) in [6, 6.07) is 7.68. The van der Waals surface area contributed by atoms with E-state index in [4.69, 9.17) is 5.11 Å². The van der Waals surface area contributed by atoms with E-state index in [0.29, 0.717) is 0 Å². The van der Waals surface area contributed by atoms with Gasteiger partial charge in [0.05, 0.1) is 11.9 Å². The van der Waals surface area contributed by atoms with Gasteiger partial charge in [-0.3, -0.25) is 9.78 Å². The van der Waals surface area contributed by atoms with Gasteiger partial charge in [0.25, 0.3) is 0 Å². The highest BCUT2D eigenvalue weighted by molar-refractivity contribution is 5.86. The van der Waals surface area contributed by atoms with Crippen LogP contribution in [0, 0.1) is 6.92 Å². The number of hydrogen-bond acceptors (Lipinski definition) is 2. The van der Waals surface area contributed by atoms with Crippen LogP contribution >= 0.6 is 0 Å². The monoisotopic (exact) mass is 201 g/mol. The van der Waals surface area contributed by atoms with Crippen molar-refractivity contribution < 1.29 is 9.90 Å². The molecule has 0 saturated heterocycles. The van der Waals surface area contributed by atoms with E-state index in [0.717, 1.165) is 22.0 Å². The van der Waals surface area contributed by atoms with Crippen molar-refractivity contribution in [3.8, 4) is 0 Å². The molecule has 0 amide bonds. The van der Waals surface area contributed by atoms with Crippen LogP contribution in [0.25, 0.3) is 10.9 Å². The SMILES string of the molecule is Cc1cc(CC(=O)O)c2ncccc2c1. The number of fused-ring (bicyclic) bond motifs is 1. The smallest absolute Gasteiger partial charge is 0.307 e. The molecule has 1 heterocycles. The van der Waals surface area contributed by atoms with Gasteiger partial charge in [-0.25, -0.2) is 0 Å².